The van der Waals surface area contributed by atoms with Gasteiger partial charge in [-0.1, -0.05) is 6.07 Å². The fourth-order valence-corrected chi connectivity index (χ4v) is 3.63. The van der Waals surface area contributed by atoms with Gasteiger partial charge in [-0.15, -0.1) is 11.3 Å². The molecule has 1 aliphatic rings. The van der Waals surface area contributed by atoms with Crippen LogP contribution in [0.1, 0.15) is 10.6 Å². The number of carbonyl (C=O) groups is 2. The summed E-state index contributed by atoms with van der Waals surface area (Å²) in [5.74, 6) is 0.541. The van der Waals surface area contributed by atoms with E-state index in [2.05, 4.69) is 5.32 Å². The van der Waals surface area contributed by atoms with Crippen molar-refractivity contribution in [2.45, 2.75) is 6.54 Å². The van der Waals surface area contributed by atoms with Gasteiger partial charge < -0.3 is 14.5 Å². The number of ether oxygens (including phenoxy) is 1. The topological polar surface area (TPSA) is 71.8 Å². The Morgan fingerprint density at radius 2 is 1.89 bits per heavy atom. The van der Waals surface area contributed by atoms with Gasteiger partial charge in [0.15, 0.2) is 0 Å². The van der Waals surface area contributed by atoms with E-state index in [1.807, 2.05) is 17.5 Å². The number of thiophene rings is 1. The van der Waals surface area contributed by atoms with E-state index in [0.717, 1.165) is 4.88 Å². The van der Waals surface area contributed by atoms with Crippen molar-refractivity contribution >= 4 is 34.4 Å². The van der Waals surface area contributed by atoms with Gasteiger partial charge in [0.05, 0.1) is 25.5 Å². The Morgan fingerprint density at radius 3 is 2.52 bits per heavy atom. The zero-order valence-corrected chi connectivity index (χ0v) is 15.3. The summed E-state index contributed by atoms with van der Waals surface area (Å²) in [6.07, 6.45) is 1.52. The molecule has 2 aromatic heterocycles. The maximum atomic E-state index is 13.0. The number of carbonyl (C=O) groups excluding carboxylic acids is 2. The number of rotatable bonds is 6. The number of nitrogens with zero attached hydrogens (tertiary/aromatic N) is 1. The van der Waals surface area contributed by atoms with Gasteiger partial charge in [-0.2, -0.15) is 0 Å². The highest BCUT2D eigenvalue weighted by molar-refractivity contribution is 7.11. The highest BCUT2D eigenvalue weighted by Gasteiger charge is 2.40. The Balaban J connectivity index is 1.69. The number of anilines is 1. The summed E-state index contributed by atoms with van der Waals surface area (Å²) in [4.78, 5) is 27.9. The lowest BCUT2D eigenvalue weighted by Crippen LogP contribution is -2.31. The van der Waals surface area contributed by atoms with Gasteiger partial charge in [-0.05, 0) is 47.8 Å². The van der Waals surface area contributed by atoms with Crippen molar-refractivity contribution in [3.8, 4) is 5.75 Å². The molecule has 0 unspecified atom stereocenters. The Kier molecular flexibility index (Phi) is 4.52. The first kappa shape index (κ1) is 17.1. The van der Waals surface area contributed by atoms with Crippen molar-refractivity contribution in [1.29, 1.82) is 0 Å². The summed E-state index contributed by atoms with van der Waals surface area (Å²) < 4.78 is 10.5. The lowest BCUT2D eigenvalue weighted by atomic mass is 10.2. The van der Waals surface area contributed by atoms with Crippen LogP contribution in [0.3, 0.4) is 0 Å². The molecular formula is C20H16N2O4S. The normalized spacial score (nSPS) is 14.2. The molecule has 136 valence electrons. The first-order valence-electron chi connectivity index (χ1n) is 8.25. The van der Waals surface area contributed by atoms with Gasteiger partial charge in [0, 0.05) is 10.6 Å². The molecular weight excluding hydrogens is 364 g/mol. The van der Waals surface area contributed by atoms with Crippen molar-refractivity contribution in [2.75, 3.05) is 12.4 Å². The van der Waals surface area contributed by atoms with Crippen LogP contribution in [0.2, 0.25) is 0 Å². The zero-order chi connectivity index (χ0) is 18.8. The van der Waals surface area contributed by atoms with E-state index in [0.29, 0.717) is 22.8 Å². The molecule has 0 atom stereocenters. The molecule has 4 rings (SSSR count). The molecule has 1 N–H and O–H groups in total. The zero-order valence-electron chi connectivity index (χ0n) is 14.5. The molecule has 0 radical (unpaired) electrons. The second-order valence-corrected chi connectivity index (χ2v) is 6.80. The molecule has 3 heterocycles. The molecule has 3 aromatic rings. The number of hydrogen-bond donors (Lipinski definition) is 1. The van der Waals surface area contributed by atoms with Crippen LogP contribution in [0.15, 0.2) is 70.3 Å². The van der Waals surface area contributed by atoms with Crippen LogP contribution >= 0.6 is 11.3 Å². The Bertz CT molecular complexity index is 989. The van der Waals surface area contributed by atoms with Crippen LogP contribution in [0.5, 0.6) is 5.75 Å². The van der Waals surface area contributed by atoms with Crippen molar-refractivity contribution in [1.82, 2.24) is 4.90 Å². The van der Waals surface area contributed by atoms with Crippen LogP contribution < -0.4 is 10.1 Å². The van der Waals surface area contributed by atoms with E-state index in [-0.39, 0.29) is 24.1 Å². The van der Waals surface area contributed by atoms with Crippen LogP contribution in [0, 0.1) is 0 Å². The molecule has 1 aliphatic heterocycles. The first-order valence-corrected chi connectivity index (χ1v) is 9.13. The fraction of sp³-hybridized carbons (Fsp3) is 0.100. The van der Waals surface area contributed by atoms with Gasteiger partial charge in [0.1, 0.15) is 17.2 Å². The second-order valence-electron chi connectivity index (χ2n) is 5.86. The van der Waals surface area contributed by atoms with Gasteiger partial charge in [0.2, 0.25) is 0 Å². The van der Waals surface area contributed by atoms with Gasteiger partial charge >= 0.3 is 0 Å². The average Bonchev–Trinajstić information content (AvgIpc) is 3.42. The number of benzene rings is 1. The lowest BCUT2D eigenvalue weighted by molar-refractivity contribution is -0.137. The molecule has 0 aliphatic carbocycles. The number of amides is 2. The first-order chi connectivity index (χ1) is 13.2. The molecule has 7 heteroatoms. The summed E-state index contributed by atoms with van der Waals surface area (Å²) in [7, 11) is 1.59. The quantitative estimate of drug-likeness (QED) is 0.660. The SMILES string of the molecule is COc1ccc(NC2=C(c3cccs3)C(=O)N(Cc3ccco3)C2=O)cc1. The second kappa shape index (κ2) is 7.13. The number of furan rings is 1. The Hall–Kier alpha value is -3.32. The van der Waals surface area contributed by atoms with Gasteiger partial charge in [-0.3, -0.25) is 14.5 Å². The minimum atomic E-state index is -0.379. The number of imide groups is 1. The maximum absolute atomic E-state index is 13.0. The summed E-state index contributed by atoms with van der Waals surface area (Å²) in [6, 6.07) is 14.3. The minimum Gasteiger partial charge on any atom is -0.497 e. The van der Waals surface area contributed by atoms with E-state index in [1.54, 1.807) is 43.5 Å². The van der Waals surface area contributed by atoms with Crippen molar-refractivity contribution in [3.05, 3.63) is 76.5 Å². The fourth-order valence-electron chi connectivity index (χ4n) is 2.86. The van der Waals surface area contributed by atoms with Crippen molar-refractivity contribution in [3.63, 3.8) is 0 Å². The van der Waals surface area contributed by atoms with Crippen LogP contribution in [0.25, 0.3) is 5.57 Å². The molecule has 0 spiro atoms. The molecule has 6 nitrogen and oxygen atoms in total. The standard InChI is InChI=1S/C20H16N2O4S/c1-25-14-8-6-13(7-9-14)21-18-17(16-5-3-11-27-16)19(23)22(20(18)24)12-15-4-2-10-26-15/h2-11,21H,12H2,1H3. The number of nitrogens with one attached hydrogen (secondary N) is 1. The number of methoxy groups -OCH3 is 1. The predicted octanol–water partition coefficient (Wildman–Crippen LogP) is 3.74. The average molecular weight is 380 g/mol. The van der Waals surface area contributed by atoms with E-state index >= 15 is 0 Å². The van der Waals surface area contributed by atoms with E-state index in [1.165, 1.54) is 22.5 Å². The Labute approximate surface area is 159 Å². The van der Waals surface area contributed by atoms with Crippen LogP contribution in [0.4, 0.5) is 5.69 Å². The number of hydrogen-bond acceptors (Lipinski definition) is 6. The third kappa shape index (κ3) is 3.24. The minimum absolute atomic E-state index is 0.0906. The molecule has 0 bridgehead atoms. The van der Waals surface area contributed by atoms with E-state index in [9.17, 15) is 9.59 Å². The largest absolute Gasteiger partial charge is 0.497 e. The molecule has 0 saturated carbocycles. The van der Waals surface area contributed by atoms with Crippen LogP contribution in [-0.2, 0) is 16.1 Å². The molecule has 2 amide bonds. The van der Waals surface area contributed by atoms with Gasteiger partial charge in [-0.25, -0.2) is 0 Å². The summed E-state index contributed by atoms with van der Waals surface area (Å²) >= 11 is 1.42. The Morgan fingerprint density at radius 1 is 1.07 bits per heavy atom. The maximum Gasteiger partial charge on any atom is 0.278 e. The predicted molar refractivity (Wildman–Crippen MR) is 102 cm³/mol. The summed E-state index contributed by atoms with van der Waals surface area (Å²) in [5.41, 5.74) is 1.33. The van der Waals surface area contributed by atoms with E-state index < -0.39 is 0 Å². The summed E-state index contributed by atoms with van der Waals surface area (Å²) in [6.45, 7) is 0.0906. The summed E-state index contributed by atoms with van der Waals surface area (Å²) in [5, 5.41) is 4.98. The highest BCUT2D eigenvalue weighted by atomic mass is 32.1. The highest BCUT2D eigenvalue weighted by Crippen LogP contribution is 2.33. The molecule has 0 fully saturated rings. The molecule has 1 aromatic carbocycles. The molecule has 0 saturated heterocycles. The van der Waals surface area contributed by atoms with E-state index in [4.69, 9.17) is 9.15 Å². The monoisotopic (exact) mass is 380 g/mol. The van der Waals surface area contributed by atoms with Crippen LogP contribution in [-0.4, -0.2) is 23.8 Å². The van der Waals surface area contributed by atoms with Crippen molar-refractivity contribution < 1.29 is 18.7 Å². The van der Waals surface area contributed by atoms with Gasteiger partial charge in [0.25, 0.3) is 11.8 Å². The third-order valence-electron chi connectivity index (χ3n) is 4.19. The van der Waals surface area contributed by atoms with Crippen molar-refractivity contribution in [2.24, 2.45) is 0 Å². The smallest absolute Gasteiger partial charge is 0.278 e. The lowest BCUT2D eigenvalue weighted by Gasteiger charge is -2.13. The third-order valence-corrected chi connectivity index (χ3v) is 5.08. The molecule has 27 heavy (non-hydrogen) atoms.